The molecule has 1 fully saturated rings. The van der Waals surface area contributed by atoms with Crippen LogP contribution >= 0.6 is 0 Å². The molecule has 0 aliphatic carbocycles. The average Bonchev–Trinajstić information content (AvgIpc) is 3.10. The number of aliphatic imine (C=N–C) groups is 1. The number of aromatic nitrogens is 3. The molecule has 48 heavy (non-hydrogen) atoms. The predicted octanol–water partition coefficient (Wildman–Crippen LogP) is 3.73. The number of anilines is 3. The van der Waals surface area contributed by atoms with Crippen LogP contribution in [0, 0.1) is 0 Å². The number of carbonyl (C=O) groups is 2. The number of ether oxygens (including phenoxy) is 1. The van der Waals surface area contributed by atoms with Crippen molar-refractivity contribution in [1.29, 1.82) is 0 Å². The van der Waals surface area contributed by atoms with Crippen LogP contribution in [0.5, 0.6) is 0 Å². The lowest BCUT2D eigenvalue weighted by atomic mass is 9.83. The molecular formula is C36H39N7O5. The zero-order valence-electron chi connectivity index (χ0n) is 27.6. The van der Waals surface area contributed by atoms with E-state index in [2.05, 4.69) is 40.3 Å². The van der Waals surface area contributed by atoms with Crippen LogP contribution in [-0.2, 0) is 30.2 Å². The van der Waals surface area contributed by atoms with Crippen molar-refractivity contribution in [1.82, 2.24) is 19.7 Å². The second-order valence-electron chi connectivity index (χ2n) is 12.5. The van der Waals surface area contributed by atoms with Gasteiger partial charge in [-0.05, 0) is 47.9 Å². The highest BCUT2D eigenvalue weighted by Crippen LogP contribution is 2.35. The first-order valence-corrected chi connectivity index (χ1v) is 15.9. The van der Waals surface area contributed by atoms with E-state index in [-0.39, 0.29) is 35.1 Å². The van der Waals surface area contributed by atoms with Gasteiger partial charge >= 0.3 is 0 Å². The minimum atomic E-state index is -0.383. The van der Waals surface area contributed by atoms with E-state index in [1.165, 1.54) is 10.9 Å². The number of rotatable bonds is 8. The van der Waals surface area contributed by atoms with Crippen LogP contribution in [0.25, 0.3) is 11.3 Å². The van der Waals surface area contributed by atoms with Crippen molar-refractivity contribution >= 4 is 35.2 Å². The fourth-order valence-electron chi connectivity index (χ4n) is 6.26. The number of benzene rings is 2. The normalized spacial score (nSPS) is 15.1. The summed E-state index contributed by atoms with van der Waals surface area (Å²) in [6, 6.07) is 16.3. The quantitative estimate of drug-likeness (QED) is 0.275. The third kappa shape index (κ3) is 6.36. The molecule has 12 nitrogen and oxygen atoms in total. The zero-order valence-corrected chi connectivity index (χ0v) is 27.6. The lowest BCUT2D eigenvalue weighted by molar-refractivity contribution is 0.0302. The van der Waals surface area contributed by atoms with Crippen molar-refractivity contribution in [3.63, 3.8) is 0 Å². The van der Waals surface area contributed by atoms with Crippen LogP contribution in [0.15, 0.2) is 70.6 Å². The van der Waals surface area contributed by atoms with Gasteiger partial charge in [0.25, 0.3) is 17.4 Å². The molecule has 0 unspecified atom stereocenters. The third-order valence-electron chi connectivity index (χ3n) is 8.89. The number of fused-ring (bicyclic) bond motifs is 1. The summed E-state index contributed by atoms with van der Waals surface area (Å²) in [4.78, 5) is 51.8. The Hall–Kier alpha value is -5.20. The van der Waals surface area contributed by atoms with Crippen molar-refractivity contribution < 1.29 is 19.4 Å². The van der Waals surface area contributed by atoms with Crippen molar-refractivity contribution in [3.8, 4) is 11.3 Å². The predicted molar refractivity (Wildman–Crippen MR) is 184 cm³/mol. The van der Waals surface area contributed by atoms with E-state index in [0.29, 0.717) is 78.7 Å². The fourth-order valence-corrected chi connectivity index (χ4v) is 6.26. The van der Waals surface area contributed by atoms with Gasteiger partial charge in [-0.3, -0.25) is 19.4 Å². The standard InChI is InChI=1S/C36H39N7O5/c1-36(2,22-37-3)25-9-10-26-23(18-25)12-13-43(34(26)46)31-7-5-6-27(28(31)21-44)29-19-30(35(47)41(4)40-29)39-32-11-8-24(20-38-32)33(45)42-14-16-48-17-15-42/h5-11,18-20,22,44H,12-17,21H2,1-4H3,(H,38,39). The van der Waals surface area contributed by atoms with Crippen LogP contribution in [0.3, 0.4) is 0 Å². The highest BCUT2D eigenvalue weighted by molar-refractivity contribution is 6.09. The van der Waals surface area contributed by atoms with Crippen LogP contribution in [-0.4, -0.2) is 82.7 Å². The number of nitrogens with zero attached hydrogens (tertiary/aromatic N) is 6. The van der Waals surface area contributed by atoms with Gasteiger partial charge in [0.05, 0.1) is 36.8 Å². The maximum absolute atomic E-state index is 13.8. The van der Waals surface area contributed by atoms with E-state index < -0.39 is 0 Å². The van der Waals surface area contributed by atoms with Crippen molar-refractivity contribution in [2.45, 2.75) is 32.3 Å². The summed E-state index contributed by atoms with van der Waals surface area (Å²) >= 11 is 0. The van der Waals surface area contributed by atoms with Gasteiger partial charge in [-0.15, -0.1) is 0 Å². The minimum absolute atomic E-state index is 0.123. The SMILES string of the molecule is CN=CC(C)(C)c1ccc2c(c1)CCN(c1cccc(-c3cc(Nc4ccc(C(=O)N5CCOCC5)cn4)c(=O)n(C)n3)c1CO)C2=O. The summed E-state index contributed by atoms with van der Waals surface area (Å²) in [5.41, 5.74) is 4.83. The van der Waals surface area contributed by atoms with E-state index in [1.54, 1.807) is 42.1 Å². The first-order chi connectivity index (χ1) is 23.1. The van der Waals surface area contributed by atoms with Crippen molar-refractivity contribution in [2.24, 2.45) is 12.0 Å². The lowest BCUT2D eigenvalue weighted by Gasteiger charge is -2.32. The molecule has 0 radical (unpaired) electrons. The smallest absolute Gasteiger partial charge is 0.290 e. The molecule has 2 aromatic carbocycles. The zero-order chi connectivity index (χ0) is 34.0. The molecule has 12 heteroatoms. The summed E-state index contributed by atoms with van der Waals surface area (Å²) < 4.78 is 6.55. The number of aliphatic hydroxyl groups is 1. The van der Waals surface area contributed by atoms with E-state index in [1.807, 2.05) is 36.5 Å². The van der Waals surface area contributed by atoms with E-state index >= 15 is 0 Å². The first kappa shape index (κ1) is 32.7. The Balaban J connectivity index is 1.28. The highest BCUT2D eigenvalue weighted by Gasteiger charge is 2.30. The largest absolute Gasteiger partial charge is 0.392 e. The molecule has 0 spiro atoms. The second kappa shape index (κ2) is 13.5. The fraction of sp³-hybridized carbons (Fsp3) is 0.333. The van der Waals surface area contributed by atoms with Gasteiger partial charge in [0.1, 0.15) is 11.5 Å². The molecule has 2 aliphatic rings. The molecule has 1 saturated heterocycles. The molecule has 2 N–H and O–H groups in total. The van der Waals surface area contributed by atoms with Gasteiger partial charge in [0.15, 0.2) is 0 Å². The number of morpholine rings is 1. The summed E-state index contributed by atoms with van der Waals surface area (Å²) in [5.74, 6) is 0.112. The number of aliphatic hydroxyl groups excluding tert-OH is 1. The number of nitrogens with one attached hydrogen (secondary N) is 1. The topological polar surface area (TPSA) is 142 Å². The first-order valence-electron chi connectivity index (χ1n) is 15.9. The van der Waals surface area contributed by atoms with E-state index in [4.69, 9.17) is 4.74 Å². The van der Waals surface area contributed by atoms with E-state index in [9.17, 15) is 19.5 Å². The highest BCUT2D eigenvalue weighted by atomic mass is 16.5. The molecule has 0 saturated carbocycles. The van der Waals surface area contributed by atoms with Gasteiger partial charge < -0.3 is 25.0 Å². The molecular weight excluding hydrogens is 610 g/mol. The lowest BCUT2D eigenvalue weighted by Crippen LogP contribution is -2.40. The molecule has 4 aromatic rings. The Morgan fingerprint density at radius 1 is 1.06 bits per heavy atom. The molecule has 2 aromatic heterocycles. The molecule has 6 rings (SSSR count). The van der Waals surface area contributed by atoms with Crippen molar-refractivity contribution in [2.75, 3.05) is 50.1 Å². The third-order valence-corrected chi connectivity index (χ3v) is 8.89. The summed E-state index contributed by atoms with van der Waals surface area (Å²) in [7, 11) is 3.30. The molecule has 2 aliphatic heterocycles. The summed E-state index contributed by atoms with van der Waals surface area (Å²) in [6.45, 7) is 6.34. The monoisotopic (exact) mass is 649 g/mol. The van der Waals surface area contributed by atoms with Crippen LogP contribution in [0.4, 0.5) is 17.2 Å². The molecule has 0 atom stereocenters. The Labute approximate surface area is 278 Å². The summed E-state index contributed by atoms with van der Waals surface area (Å²) in [5, 5.41) is 18.2. The second-order valence-corrected chi connectivity index (χ2v) is 12.5. The van der Waals surface area contributed by atoms with Crippen LogP contribution in [0.1, 0.15) is 51.3 Å². The van der Waals surface area contributed by atoms with Crippen LogP contribution in [0.2, 0.25) is 0 Å². The molecule has 2 amide bonds. The Morgan fingerprint density at radius 2 is 1.85 bits per heavy atom. The maximum Gasteiger partial charge on any atom is 0.290 e. The van der Waals surface area contributed by atoms with E-state index in [0.717, 1.165) is 11.1 Å². The minimum Gasteiger partial charge on any atom is -0.392 e. The maximum atomic E-state index is 13.8. The van der Waals surface area contributed by atoms with Crippen LogP contribution < -0.4 is 15.8 Å². The number of carbonyl (C=O) groups excluding carboxylic acids is 2. The summed E-state index contributed by atoms with van der Waals surface area (Å²) in [6.07, 6.45) is 4.04. The average molecular weight is 650 g/mol. The van der Waals surface area contributed by atoms with Gasteiger partial charge in [0, 0.05) is 68.2 Å². The molecule has 0 bridgehead atoms. The Bertz CT molecular complexity index is 1950. The van der Waals surface area contributed by atoms with Gasteiger partial charge in [0.2, 0.25) is 0 Å². The number of amides is 2. The van der Waals surface area contributed by atoms with Gasteiger partial charge in [-0.2, -0.15) is 5.10 Å². The molecule has 4 heterocycles. The molecule has 248 valence electrons. The Morgan fingerprint density at radius 3 is 2.56 bits per heavy atom. The number of aryl methyl sites for hydroxylation is 1. The van der Waals surface area contributed by atoms with Gasteiger partial charge in [-0.1, -0.05) is 38.1 Å². The van der Waals surface area contributed by atoms with Gasteiger partial charge in [-0.25, -0.2) is 9.67 Å². The number of hydrogen-bond acceptors (Lipinski definition) is 9. The number of pyridine rings is 1. The Kier molecular flexibility index (Phi) is 9.20. The number of hydrogen-bond donors (Lipinski definition) is 2. The van der Waals surface area contributed by atoms with Crippen molar-refractivity contribution in [3.05, 3.63) is 99.0 Å².